The van der Waals surface area contributed by atoms with Crippen molar-refractivity contribution in [2.75, 3.05) is 6.54 Å². The lowest BCUT2D eigenvalue weighted by atomic mass is 9.98. The van der Waals surface area contributed by atoms with Crippen molar-refractivity contribution in [2.24, 2.45) is 0 Å². The fraction of sp³-hybridized carbons (Fsp3) is 0.400. The van der Waals surface area contributed by atoms with Gasteiger partial charge in [0.1, 0.15) is 0 Å². The Kier molecular flexibility index (Phi) is 5.24. The molecular formula is C15H19BrClN3. The second kappa shape index (κ2) is 6.74. The van der Waals surface area contributed by atoms with Crippen LogP contribution in [0.4, 0.5) is 0 Å². The van der Waals surface area contributed by atoms with Crippen LogP contribution in [-0.2, 0) is 6.54 Å². The Morgan fingerprint density at radius 1 is 1.40 bits per heavy atom. The third kappa shape index (κ3) is 2.92. The van der Waals surface area contributed by atoms with Crippen molar-refractivity contribution >= 4 is 27.5 Å². The number of benzene rings is 1. The van der Waals surface area contributed by atoms with Gasteiger partial charge >= 0.3 is 0 Å². The zero-order valence-corrected chi connectivity index (χ0v) is 14.3. The van der Waals surface area contributed by atoms with Crippen molar-refractivity contribution in [1.82, 2.24) is 15.1 Å². The summed E-state index contributed by atoms with van der Waals surface area (Å²) in [4.78, 5) is 0. The molecule has 0 amide bonds. The van der Waals surface area contributed by atoms with Gasteiger partial charge in [0, 0.05) is 11.6 Å². The number of aromatic nitrogens is 2. The minimum atomic E-state index is 0.0792. The second-order valence-electron chi connectivity index (χ2n) is 4.64. The zero-order chi connectivity index (χ0) is 14.7. The van der Waals surface area contributed by atoms with Crippen molar-refractivity contribution in [3.63, 3.8) is 0 Å². The first kappa shape index (κ1) is 15.5. The van der Waals surface area contributed by atoms with Crippen LogP contribution in [0.3, 0.4) is 0 Å². The maximum atomic E-state index is 6.27. The Labute approximate surface area is 133 Å². The van der Waals surface area contributed by atoms with E-state index < -0.39 is 0 Å². The minimum Gasteiger partial charge on any atom is -0.305 e. The summed E-state index contributed by atoms with van der Waals surface area (Å²) in [7, 11) is 0. The van der Waals surface area contributed by atoms with Gasteiger partial charge in [0.05, 0.1) is 22.4 Å². The van der Waals surface area contributed by atoms with Gasteiger partial charge in [-0.25, -0.2) is 0 Å². The van der Waals surface area contributed by atoms with Crippen LogP contribution < -0.4 is 5.32 Å². The number of aryl methyl sites for hydroxylation is 1. The predicted octanol–water partition coefficient (Wildman–Crippen LogP) is 4.33. The largest absolute Gasteiger partial charge is 0.305 e. The highest BCUT2D eigenvalue weighted by Gasteiger charge is 2.22. The zero-order valence-electron chi connectivity index (χ0n) is 12.0. The van der Waals surface area contributed by atoms with Crippen molar-refractivity contribution in [3.8, 4) is 0 Å². The van der Waals surface area contributed by atoms with E-state index in [-0.39, 0.29) is 6.04 Å². The first-order chi connectivity index (χ1) is 9.60. The molecule has 2 aromatic rings. The molecule has 1 N–H and O–H groups in total. The highest BCUT2D eigenvalue weighted by atomic mass is 79.9. The highest BCUT2D eigenvalue weighted by molar-refractivity contribution is 9.10. The van der Waals surface area contributed by atoms with Crippen LogP contribution in [-0.4, -0.2) is 16.3 Å². The molecule has 3 nitrogen and oxygen atoms in total. The first-order valence-electron chi connectivity index (χ1n) is 6.79. The molecule has 0 aliphatic heterocycles. The van der Waals surface area contributed by atoms with Crippen LogP contribution in [0.1, 0.15) is 36.7 Å². The number of nitrogens with one attached hydrogen (secondary N) is 1. The average Bonchev–Trinajstić information content (AvgIpc) is 2.81. The number of hydrogen-bond donors (Lipinski definition) is 1. The van der Waals surface area contributed by atoms with Crippen LogP contribution in [0.5, 0.6) is 0 Å². The van der Waals surface area contributed by atoms with Gasteiger partial charge in [0.25, 0.3) is 0 Å². The fourth-order valence-corrected chi connectivity index (χ4v) is 3.11. The van der Waals surface area contributed by atoms with E-state index in [4.69, 9.17) is 11.6 Å². The Bertz CT molecular complexity index is 595. The van der Waals surface area contributed by atoms with E-state index >= 15 is 0 Å². The number of rotatable bonds is 5. The number of hydrogen-bond acceptors (Lipinski definition) is 2. The summed E-state index contributed by atoms with van der Waals surface area (Å²) in [6.07, 6.45) is 1.85. The Morgan fingerprint density at radius 2 is 2.15 bits per heavy atom. The molecule has 1 unspecified atom stereocenters. The molecule has 0 saturated carbocycles. The molecule has 0 aliphatic carbocycles. The van der Waals surface area contributed by atoms with Gasteiger partial charge in [-0.1, -0.05) is 30.7 Å². The van der Waals surface area contributed by atoms with Crippen LogP contribution in [0.25, 0.3) is 0 Å². The van der Waals surface area contributed by atoms with Crippen LogP contribution in [0, 0.1) is 6.92 Å². The standard InChI is InChI=1S/C15H19BrClN3/c1-4-18-14(11-7-6-8-13(17)10(11)3)15-12(16)9-19-20(15)5-2/h6-9,14,18H,4-5H2,1-3H3. The quantitative estimate of drug-likeness (QED) is 0.864. The molecule has 5 heteroatoms. The summed E-state index contributed by atoms with van der Waals surface area (Å²) in [5.74, 6) is 0. The summed E-state index contributed by atoms with van der Waals surface area (Å²) < 4.78 is 3.03. The van der Waals surface area contributed by atoms with Gasteiger partial charge < -0.3 is 5.32 Å². The predicted molar refractivity (Wildman–Crippen MR) is 87.3 cm³/mol. The van der Waals surface area contributed by atoms with Crippen molar-refractivity contribution in [3.05, 3.63) is 50.7 Å². The monoisotopic (exact) mass is 355 g/mol. The molecule has 0 bridgehead atoms. The van der Waals surface area contributed by atoms with Crippen LogP contribution in [0.2, 0.25) is 5.02 Å². The Balaban J connectivity index is 2.56. The van der Waals surface area contributed by atoms with Crippen LogP contribution >= 0.6 is 27.5 Å². The molecule has 0 spiro atoms. The van der Waals surface area contributed by atoms with E-state index in [2.05, 4.69) is 53.2 Å². The lowest BCUT2D eigenvalue weighted by Crippen LogP contribution is -2.26. The van der Waals surface area contributed by atoms with Gasteiger partial charge in [-0.05, 0) is 53.5 Å². The van der Waals surface area contributed by atoms with Crippen molar-refractivity contribution in [2.45, 2.75) is 33.4 Å². The lowest BCUT2D eigenvalue weighted by Gasteiger charge is -2.22. The molecule has 2 rings (SSSR count). The molecule has 0 aliphatic rings. The van der Waals surface area contributed by atoms with E-state index in [9.17, 15) is 0 Å². The summed E-state index contributed by atoms with van der Waals surface area (Å²) in [6, 6.07) is 6.12. The fourth-order valence-electron chi connectivity index (χ4n) is 2.41. The molecule has 0 saturated heterocycles. The van der Waals surface area contributed by atoms with Gasteiger partial charge in [-0.3, -0.25) is 4.68 Å². The maximum Gasteiger partial charge on any atom is 0.0762 e. The van der Waals surface area contributed by atoms with Crippen molar-refractivity contribution < 1.29 is 0 Å². The second-order valence-corrected chi connectivity index (χ2v) is 5.90. The summed E-state index contributed by atoms with van der Waals surface area (Å²) in [5, 5.41) is 8.74. The number of halogens is 2. The average molecular weight is 357 g/mol. The third-order valence-corrected chi connectivity index (χ3v) is 4.46. The molecule has 1 aromatic carbocycles. The number of nitrogens with zero attached hydrogens (tertiary/aromatic N) is 2. The lowest BCUT2D eigenvalue weighted by molar-refractivity contribution is 0.539. The van der Waals surface area contributed by atoms with Gasteiger partial charge in [-0.15, -0.1) is 0 Å². The van der Waals surface area contributed by atoms with Crippen molar-refractivity contribution in [1.29, 1.82) is 0 Å². The summed E-state index contributed by atoms with van der Waals surface area (Å²) in [5.41, 5.74) is 3.44. The molecule has 0 fully saturated rings. The first-order valence-corrected chi connectivity index (χ1v) is 7.96. The Hall–Kier alpha value is -0.840. The summed E-state index contributed by atoms with van der Waals surface area (Å²) in [6.45, 7) is 7.97. The molecule has 1 heterocycles. The Morgan fingerprint density at radius 3 is 2.80 bits per heavy atom. The van der Waals surface area contributed by atoms with E-state index in [1.165, 1.54) is 5.56 Å². The summed E-state index contributed by atoms with van der Waals surface area (Å²) >= 11 is 9.88. The SMILES string of the molecule is CCNC(c1cccc(Cl)c1C)c1c(Br)cnn1CC. The normalized spacial score (nSPS) is 12.7. The van der Waals surface area contributed by atoms with Gasteiger partial charge in [0.2, 0.25) is 0 Å². The smallest absolute Gasteiger partial charge is 0.0762 e. The molecule has 20 heavy (non-hydrogen) atoms. The molecule has 1 atom stereocenters. The molecular weight excluding hydrogens is 338 g/mol. The molecule has 0 radical (unpaired) electrons. The van der Waals surface area contributed by atoms with Crippen LogP contribution in [0.15, 0.2) is 28.9 Å². The molecule has 1 aromatic heterocycles. The third-order valence-electron chi connectivity index (χ3n) is 3.44. The van der Waals surface area contributed by atoms with E-state index in [1.54, 1.807) is 0 Å². The van der Waals surface area contributed by atoms with Gasteiger partial charge in [-0.2, -0.15) is 5.10 Å². The minimum absolute atomic E-state index is 0.0792. The van der Waals surface area contributed by atoms with Gasteiger partial charge in [0.15, 0.2) is 0 Å². The molecule has 108 valence electrons. The van der Waals surface area contributed by atoms with E-state index in [1.807, 2.05) is 23.0 Å². The van der Waals surface area contributed by atoms with E-state index in [0.717, 1.165) is 33.8 Å². The van der Waals surface area contributed by atoms with E-state index in [0.29, 0.717) is 0 Å². The highest BCUT2D eigenvalue weighted by Crippen LogP contribution is 2.32. The topological polar surface area (TPSA) is 29.9 Å². The maximum absolute atomic E-state index is 6.27.